The van der Waals surface area contributed by atoms with Crippen LogP contribution in [0, 0.1) is 0 Å². The molecule has 296 valence electrons. The topological polar surface area (TPSA) is 16.4 Å². The molecule has 0 aliphatic heterocycles. The van der Waals surface area contributed by atoms with E-state index in [2.05, 4.69) is 235 Å². The predicted octanol–water partition coefficient (Wildman–Crippen LogP) is 17.8. The van der Waals surface area contributed by atoms with Crippen molar-refractivity contribution < 1.29 is 4.42 Å². The van der Waals surface area contributed by atoms with Gasteiger partial charge >= 0.3 is 0 Å². The fourth-order valence-electron chi connectivity index (χ4n) is 9.22. The van der Waals surface area contributed by atoms with Crippen LogP contribution in [0.1, 0.15) is 0 Å². The molecule has 0 aliphatic carbocycles. The van der Waals surface area contributed by atoms with Crippen LogP contribution in [0.25, 0.3) is 97.7 Å². The van der Waals surface area contributed by atoms with E-state index < -0.39 is 0 Å². The van der Waals surface area contributed by atoms with Gasteiger partial charge in [-0.2, -0.15) is 0 Å². The Kier molecular flexibility index (Phi) is 9.06. The molecule has 0 spiro atoms. The van der Waals surface area contributed by atoms with Gasteiger partial charge in [-0.05, 0) is 87.0 Å². The van der Waals surface area contributed by atoms with E-state index in [0.717, 1.165) is 55.7 Å². The first kappa shape index (κ1) is 36.8. The van der Waals surface area contributed by atoms with E-state index in [4.69, 9.17) is 4.42 Å². The molecule has 0 saturated heterocycles. The minimum Gasteiger partial charge on any atom is -0.456 e. The summed E-state index contributed by atoms with van der Waals surface area (Å²) < 4.78 is 9.11. The third kappa shape index (κ3) is 6.58. The van der Waals surface area contributed by atoms with E-state index in [1.54, 1.807) is 0 Å². The van der Waals surface area contributed by atoms with Crippen molar-refractivity contribution in [2.24, 2.45) is 0 Å². The van der Waals surface area contributed by atoms with Gasteiger partial charge in [0.15, 0.2) is 0 Å². The van der Waals surface area contributed by atoms with Crippen LogP contribution >= 0.6 is 11.3 Å². The molecule has 10 aromatic carbocycles. The van der Waals surface area contributed by atoms with Gasteiger partial charge < -0.3 is 9.32 Å². The number of para-hydroxylation sites is 1. The molecule has 12 aromatic rings. The van der Waals surface area contributed by atoms with Gasteiger partial charge in [0.2, 0.25) is 0 Å². The van der Waals surface area contributed by atoms with Crippen molar-refractivity contribution in [3.05, 3.63) is 237 Å². The Hall–Kier alpha value is -7.98. The maximum Gasteiger partial charge on any atom is 0.137 e. The predicted molar refractivity (Wildman–Crippen MR) is 268 cm³/mol. The van der Waals surface area contributed by atoms with Crippen molar-refractivity contribution in [1.29, 1.82) is 0 Å². The van der Waals surface area contributed by atoms with E-state index in [1.165, 1.54) is 59.1 Å². The number of benzene rings is 10. The second-order valence-corrected chi connectivity index (χ2v) is 17.1. The normalized spacial score (nSPS) is 11.5. The molecule has 0 aliphatic rings. The standard InChI is InChI=1S/C60H39NOS/c1-4-14-40(15-5-1)42-24-26-44(27-25-42)46-30-34-50(53-37-36-49(45-18-8-3-9-19-45)59-54-21-11-13-23-58(54)63-60(53)59)55(38-46)61(47-31-28-43(29-32-47)41-16-6-2-7-17-41)48-33-35-52-51-20-10-12-22-56(51)62-57(52)39-48/h1-39H. The molecule has 0 bridgehead atoms. The van der Waals surface area contributed by atoms with E-state index in [0.29, 0.717) is 0 Å². The van der Waals surface area contributed by atoms with Crippen molar-refractivity contribution in [1.82, 2.24) is 0 Å². The molecule has 0 amide bonds. The van der Waals surface area contributed by atoms with E-state index in [1.807, 2.05) is 17.4 Å². The molecule has 2 heterocycles. The Morgan fingerprint density at radius 1 is 0.317 bits per heavy atom. The SMILES string of the molecule is c1ccc(-c2ccc(-c3ccc(-c4ccc(-c5ccccc5)c5c4sc4ccccc45)c(N(c4ccc(-c5ccccc5)cc4)c4ccc5c(c4)oc4ccccc45)c3)cc2)cc1. The highest BCUT2D eigenvalue weighted by atomic mass is 32.1. The van der Waals surface area contributed by atoms with Crippen molar-refractivity contribution in [2.45, 2.75) is 0 Å². The number of nitrogens with zero attached hydrogens (tertiary/aromatic N) is 1. The Morgan fingerprint density at radius 2 is 0.810 bits per heavy atom. The first-order chi connectivity index (χ1) is 31.2. The molecule has 0 fully saturated rings. The van der Waals surface area contributed by atoms with Gasteiger partial charge in [-0.1, -0.05) is 188 Å². The lowest BCUT2D eigenvalue weighted by Gasteiger charge is -2.29. The number of hydrogen-bond acceptors (Lipinski definition) is 3. The summed E-state index contributed by atoms with van der Waals surface area (Å²) in [6.07, 6.45) is 0. The third-order valence-electron chi connectivity index (χ3n) is 12.3. The van der Waals surface area contributed by atoms with Gasteiger partial charge in [0.25, 0.3) is 0 Å². The van der Waals surface area contributed by atoms with Gasteiger partial charge in [0.05, 0.1) is 5.69 Å². The largest absolute Gasteiger partial charge is 0.456 e. The molecule has 0 atom stereocenters. The number of anilines is 3. The fourth-order valence-corrected chi connectivity index (χ4v) is 10.5. The molecule has 2 nitrogen and oxygen atoms in total. The molecule has 0 saturated carbocycles. The minimum absolute atomic E-state index is 0.855. The number of rotatable bonds is 8. The molecular weight excluding hydrogens is 783 g/mol. The van der Waals surface area contributed by atoms with Crippen LogP contribution in [-0.2, 0) is 0 Å². The zero-order valence-corrected chi connectivity index (χ0v) is 35.1. The second kappa shape index (κ2) is 15.5. The summed E-state index contributed by atoms with van der Waals surface area (Å²) in [4.78, 5) is 2.42. The quantitative estimate of drug-likeness (QED) is 0.152. The maximum absolute atomic E-state index is 6.57. The summed E-state index contributed by atoms with van der Waals surface area (Å²) in [6.45, 7) is 0. The molecule has 0 unspecified atom stereocenters. The van der Waals surface area contributed by atoms with Crippen molar-refractivity contribution in [3.63, 3.8) is 0 Å². The number of furan rings is 1. The molecule has 63 heavy (non-hydrogen) atoms. The summed E-state index contributed by atoms with van der Waals surface area (Å²) in [5.41, 5.74) is 16.7. The lowest BCUT2D eigenvalue weighted by molar-refractivity contribution is 0.669. The van der Waals surface area contributed by atoms with Crippen LogP contribution in [0.15, 0.2) is 241 Å². The van der Waals surface area contributed by atoms with Crippen LogP contribution in [-0.4, -0.2) is 0 Å². The minimum atomic E-state index is 0.855. The molecular formula is C60H39NOS. The molecule has 2 aromatic heterocycles. The van der Waals surface area contributed by atoms with Crippen LogP contribution in [0.4, 0.5) is 17.1 Å². The van der Waals surface area contributed by atoms with Gasteiger partial charge in [-0.25, -0.2) is 0 Å². The van der Waals surface area contributed by atoms with Crippen molar-refractivity contribution in [3.8, 4) is 55.6 Å². The molecule has 0 N–H and O–H groups in total. The van der Waals surface area contributed by atoms with Crippen molar-refractivity contribution in [2.75, 3.05) is 4.90 Å². The Morgan fingerprint density at radius 3 is 1.51 bits per heavy atom. The Bertz CT molecular complexity index is 3590. The fraction of sp³-hybridized carbons (Fsp3) is 0. The zero-order valence-electron chi connectivity index (χ0n) is 34.3. The Balaban J connectivity index is 1.12. The first-order valence-corrected chi connectivity index (χ1v) is 22.2. The van der Waals surface area contributed by atoms with Gasteiger partial charge in [-0.3, -0.25) is 0 Å². The van der Waals surface area contributed by atoms with E-state index >= 15 is 0 Å². The number of hydrogen-bond donors (Lipinski definition) is 0. The van der Waals surface area contributed by atoms with Crippen molar-refractivity contribution >= 4 is 70.5 Å². The molecule has 0 radical (unpaired) electrons. The summed E-state index contributed by atoms with van der Waals surface area (Å²) in [6, 6.07) is 85.4. The number of thiophene rings is 1. The Labute approximate surface area is 370 Å². The average Bonchev–Trinajstić information content (AvgIpc) is 3.94. The van der Waals surface area contributed by atoms with E-state index in [-0.39, 0.29) is 0 Å². The van der Waals surface area contributed by atoms with Crippen LogP contribution in [0.5, 0.6) is 0 Å². The van der Waals surface area contributed by atoms with Crippen LogP contribution < -0.4 is 4.90 Å². The summed E-state index contributed by atoms with van der Waals surface area (Å²) in [5, 5.41) is 4.78. The number of fused-ring (bicyclic) bond motifs is 6. The van der Waals surface area contributed by atoms with Gasteiger partial charge in [-0.15, -0.1) is 11.3 Å². The molecule has 3 heteroatoms. The lowest BCUT2D eigenvalue weighted by atomic mass is 9.92. The highest BCUT2D eigenvalue weighted by molar-refractivity contribution is 7.26. The maximum atomic E-state index is 6.57. The second-order valence-electron chi connectivity index (χ2n) is 16.0. The first-order valence-electron chi connectivity index (χ1n) is 21.4. The highest BCUT2D eigenvalue weighted by Crippen LogP contribution is 2.50. The third-order valence-corrected chi connectivity index (χ3v) is 13.5. The smallest absolute Gasteiger partial charge is 0.137 e. The summed E-state index contributed by atoms with van der Waals surface area (Å²) >= 11 is 1.87. The summed E-state index contributed by atoms with van der Waals surface area (Å²) in [5.74, 6) is 0. The van der Waals surface area contributed by atoms with Gasteiger partial charge in [0.1, 0.15) is 11.2 Å². The van der Waals surface area contributed by atoms with E-state index in [9.17, 15) is 0 Å². The monoisotopic (exact) mass is 821 g/mol. The highest BCUT2D eigenvalue weighted by Gasteiger charge is 2.23. The zero-order chi connectivity index (χ0) is 41.7. The summed E-state index contributed by atoms with van der Waals surface area (Å²) in [7, 11) is 0. The van der Waals surface area contributed by atoms with Gasteiger partial charge in [0, 0.05) is 59.5 Å². The van der Waals surface area contributed by atoms with Crippen LogP contribution in [0.3, 0.4) is 0 Å². The average molecular weight is 822 g/mol. The molecule has 12 rings (SSSR count). The lowest BCUT2D eigenvalue weighted by Crippen LogP contribution is -2.11. The van der Waals surface area contributed by atoms with Crippen LogP contribution in [0.2, 0.25) is 0 Å².